The SMILES string of the molecule is CC(C)NS(=O)(=O)c1ccc(Cl)c(C(=O)NC(C)c2cccc(S(N)(=O)=O)c2)c1. The fraction of sp³-hybridized carbons (Fsp3) is 0.278. The van der Waals surface area contributed by atoms with Gasteiger partial charge in [0.15, 0.2) is 0 Å². The number of halogens is 1. The maximum atomic E-state index is 12.7. The minimum absolute atomic E-state index is 0.0206. The standard InChI is InChI=1S/C18H22ClN3O5S2/c1-11(2)22-29(26,27)15-7-8-17(19)16(10-15)18(23)21-12(3)13-5-4-6-14(9-13)28(20,24)25/h4-12,22H,1-3H3,(H,21,23)(H2,20,24,25). The molecule has 1 atom stereocenters. The predicted molar refractivity (Wildman–Crippen MR) is 111 cm³/mol. The fourth-order valence-electron chi connectivity index (χ4n) is 2.54. The van der Waals surface area contributed by atoms with Gasteiger partial charge in [0.25, 0.3) is 5.91 Å². The van der Waals surface area contributed by atoms with E-state index in [4.69, 9.17) is 16.7 Å². The van der Waals surface area contributed by atoms with Crippen molar-refractivity contribution in [1.82, 2.24) is 10.0 Å². The third-order valence-electron chi connectivity index (χ3n) is 3.92. The second-order valence-corrected chi connectivity index (χ2v) is 10.4. The zero-order chi connectivity index (χ0) is 22.0. The van der Waals surface area contributed by atoms with Crippen molar-refractivity contribution < 1.29 is 21.6 Å². The van der Waals surface area contributed by atoms with E-state index in [9.17, 15) is 21.6 Å². The lowest BCUT2D eigenvalue weighted by Crippen LogP contribution is -2.31. The van der Waals surface area contributed by atoms with Gasteiger partial charge in [0.1, 0.15) is 0 Å². The van der Waals surface area contributed by atoms with Gasteiger partial charge in [-0.3, -0.25) is 4.79 Å². The summed E-state index contributed by atoms with van der Waals surface area (Å²) in [6.45, 7) is 5.01. The Kier molecular flexibility index (Phi) is 7.07. The van der Waals surface area contributed by atoms with Crippen molar-refractivity contribution >= 4 is 37.6 Å². The average molecular weight is 460 g/mol. The molecule has 0 saturated heterocycles. The molecule has 0 radical (unpaired) electrons. The van der Waals surface area contributed by atoms with Crippen LogP contribution in [0.3, 0.4) is 0 Å². The lowest BCUT2D eigenvalue weighted by Gasteiger charge is -2.16. The summed E-state index contributed by atoms with van der Waals surface area (Å²) in [7, 11) is -7.69. The molecule has 2 aromatic carbocycles. The molecule has 2 rings (SSSR count). The van der Waals surface area contributed by atoms with Crippen molar-refractivity contribution in [1.29, 1.82) is 0 Å². The Hall–Kier alpha value is -1.98. The van der Waals surface area contributed by atoms with Crippen molar-refractivity contribution in [2.45, 2.75) is 42.6 Å². The van der Waals surface area contributed by atoms with Crippen LogP contribution in [0.4, 0.5) is 0 Å². The fourth-order valence-corrected chi connectivity index (χ4v) is 4.59. The Morgan fingerprint density at radius 1 is 1.00 bits per heavy atom. The monoisotopic (exact) mass is 459 g/mol. The molecule has 0 aliphatic carbocycles. The second-order valence-electron chi connectivity index (χ2n) is 6.73. The van der Waals surface area contributed by atoms with Gasteiger partial charge in [-0.25, -0.2) is 26.7 Å². The van der Waals surface area contributed by atoms with Gasteiger partial charge in [0.2, 0.25) is 20.0 Å². The van der Waals surface area contributed by atoms with E-state index < -0.39 is 32.0 Å². The normalized spacial score (nSPS) is 13.3. The summed E-state index contributed by atoms with van der Waals surface area (Å²) >= 11 is 6.09. The third-order valence-corrected chi connectivity index (χ3v) is 6.81. The summed E-state index contributed by atoms with van der Waals surface area (Å²) in [5, 5.41) is 7.89. The lowest BCUT2D eigenvalue weighted by molar-refractivity contribution is 0.0940. The number of amides is 1. The van der Waals surface area contributed by atoms with Gasteiger partial charge in [-0.2, -0.15) is 0 Å². The molecule has 0 saturated carbocycles. The van der Waals surface area contributed by atoms with Crippen LogP contribution in [0.15, 0.2) is 52.3 Å². The van der Waals surface area contributed by atoms with Crippen molar-refractivity contribution in [2.75, 3.05) is 0 Å². The molecule has 0 fully saturated rings. The Bertz CT molecular complexity index is 1130. The third kappa shape index (κ3) is 6.00. The number of rotatable bonds is 7. The van der Waals surface area contributed by atoms with E-state index >= 15 is 0 Å². The topological polar surface area (TPSA) is 135 Å². The summed E-state index contributed by atoms with van der Waals surface area (Å²) in [5.74, 6) is -0.606. The smallest absolute Gasteiger partial charge is 0.253 e. The van der Waals surface area contributed by atoms with Crippen LogP contribution in [0.1, 0.15) is 42.7 Å². The molecular weight excluding hydrogens is 438 g/mol. The first kappa shape index (κ1) is 23.3. The van der Waals surface area contributed by atoms with E-state index in [2.05, 4.69) is 10.0 Å². The van der Waals surface area contributed by atoms with E-state index in [1.54, 1.807) is 26.8 Å². The summed E-state index contributed by atoms with van der Waals surface area (Å²) in [5.41, 5.74) is 0.485. The van der Waals surface area contributed by atoms with Crippen molar-refractivity contribution in [3.63, 3.8) is 0 Å². The molecule has 4 N–H and O–H groups in total. The summed E-state index contributed by atoms with van der Waals surface area (Å²) in [6, 6.07) is 8.77. The summed E-state index contributed by atoms with van der Waals surface area (Å²) in [6.07, 6.45) is 0. The largest absolute Gasteiger partial charge is 0.345 e. The van der Waals surface area contributed by atoms with Crippen LogP contribution in [0.5, 0.6) is 0 Å². The van der Waals surface area contributed by atoms with E-state index in [-0.39, 0.29) is 26.4 Å². The van der Waals surface area contributed by atoms with Crippen LogP contribution >= 0.6 is 11.6 Å². The van der Waals surface area contributed by atoms with Crippen LogP contribution in [-0.4, -0.2) is 28.8 Å². The van der Waals surface area contributed by atoms with Crippen LogP contribution in [0.25, 0.3) is 0 Å². The van der Waals surface area contributed by atoms with Crippen molar-refractivity contribution in [3.8, 4) is 0 Å². The summed E-state index contributed by atoms with van der Waals surface area (Å²) in [4.78, 5) is 12.5. The maximum absolute atomic E-state index is 12.7. The Morgan fingerprint density at radius 2 is 1.66 bits per heavy atom. The molecule has 11 heteroatoms. The minimum atomic E-state index is -3.89. The van der Waals surface area contributed by atoms with Crippen molar-refractivity contribution in [2.24, 2.45) is 5.14 Å². The van der Waals surface area contributed by atoms with Gasteiger partial charge in [-0.15, -0.1) is 0 Å². The van der Waals surface area contributed by atoms with Gasteiger partial charge < -0.3 is 5.32 Å². The van der Waals surface area contributed by atoms with Gasteiger partial charge in [0, 0.05) is 6.04 Å². The quantitative estimate of drug-likeness (QED) is 0.583. The number of sulfonamides is 2. The minimum Gasteiger partial charge on any atom is -0.345 e. The zero-order valence-corrected chi connectivity index (χ0v) is 18.4. The zero-order valence-electron chi connectivity index (χ0n) is 16.0. The second kappa shape index (κ2) is 8.80. The number of nitrogens with one attached hydrogen (secondary N) is 2. The Balaban J connectivity index is 2.30. The first-order valence-corrected chi connectivity index (χ1v) is 12.0. The van der Waals surface area contributed by atoms with E-state index in [0.29, 0.717) is 5.56 Å². The lowest BCUT2D eigenvalue weighted by atomic mass is 10.1. The molecule has 0 spiro atoms. The van der Waals surface area contributed by atoms with Crippen LogP contribution in [-0.2, 0) is 20.0 Å². The molecule has 1 unspecified atom stereocenters. The molecule has 29 heavy (non-hydrogen) atoms. The number of hydrogen-bond acceptors (Lipinski definition) is 5. The van der Waals surface area contributed by atoms with E-state index in [0.717, 1.165) is 0 Å². The molecule has 0 aliphatic heterocycles. The Morgan fingerprint density at radius 3 is 2.24 bits per heavy atom. The van der Waals surface area contributed by atoms with E-state index in [1.807, 2.05) is 0 Å². The van der Waals surface area contributed by atoms with Crippen molar-refractivity contribution in [3.05, 3.63) is 58.6 Å². The number of carbonyl (C=O) groups is 1. The highest BCUT2D eigenvalue weighted by molar-refractivity contribution is 7.89. The average Bonchev–Trinajstić information content (AvgIpc) is 2.60. The van der Waals surface area contributed by atoms with Gasteiger partial charge in [-0.1, -0.05) is 23.7 Å². The number of benzene rings is 2. The first-order chi connectivity index (χ1) is 13.3. The number of hydrogen-bond donors (Lipinski definition) is 3. The predicted octanol–water partition coefficient (Wildman–Crippen LogP) is 2.17. The van der Waals surface area contributed by atoms with Crippen LogP contribution in [0.2, 0.25) is 5.02 Å². The summed E-state index contributed by atoms with van der Waals surface area (Å²) < 4.78 is 50.2. The number of carbonyl (C=O) groups excluding carboxylic acids is 1. The highest BCUT2D eigenvalue weighted by Crippen LogP contribution is 2.23. The van der Waals surface area contributed by atoms with E-state index in [1.165, 1.54) is 36.4 Å². The number of primary sulfonamides is 1. The first-order valence-electron chi connectivity index (χ1n) is 8.57. The molecule has 0 aliphatic rings. The molecule has 0 bridgehead atoms. The molecule has 8 nitrogen and oxygen atoms in total. The van der Waals surface area contributed by atoms with Gasteiger partial charge >= 0.3 is 0 Å². The molecular formula is C18H22ClN3O5S2. The molecule has 1 amide bonds. The van der Waals surface area contributed by atoms with Gasteiger partial charge in [-0.05, 0) is 56.7 Å². The highest BCUT2D eigenvalue weighted by atomic mass is 35.5. The number of nitrogens with two attached hydrogens (primary N) is 1. The van der Waals surface area contributed by atoms with Crippen LogP contribution in [0, 0.1) is 0 Å². The molecule has 0 aromatic heterocycles. The highest BCUT2D eigenvalue weighted by Gasteiger charge is 2.21. The molecule has 0 heterocycles. The maximum Gasteiger partial charge on any atom is 0.253 e. The Labute approximate surface area is 175 Å². The van der Waals surface area contributed by atoms with Crippen LogP contribution < -0.4 is 15.2 Å². The molecule has 158 valence electrons. The van der Waals surface area contributed by atoms with Gasteiger partial charge in [0.05, 0.1) is 26.4 Å². The molecule has 2 aromatic rings.